The van der Waals surface area contributed by atoms with Crippen LogP contribution in [0.25, 0.3) is 0 Å². The molecule has 0 atom stereocenters. The van der Waals surface area contributed by atoms with Crippen molar-refractivity contribution in [2.75, 3.05) is 13.1 Å². The van der Waals surface area contributed by atoms with E-state index in [9.17, 15) is 17.6 Å². The van der Waals surface area contributed by atoms with E-state index in [2.05, 4.69) is 5.32 Å². The molecular weight excluding hydrogens is 296 g/mol. The highest BCUT2D eigenvalue weighted by Gasteiger charge is 2.38. The van der Waals surface area contributed by atoms with Gasteiger partial charge in [0, 0.05) is 13.1 Å². The van der Waals surface area contributed by atoms with Crippen LogP contribution in [-0.4, -0.2) is 36.4 Å². The highest BCUT2D eigenvalue weighted by atomic mass is 19.4. The Morgan fingerprint density at radius 3 is 2.38 bits per heavy atom. The van der Waals surface area contributed by atoms with Gasteiger partial charge in [-0.05, 0) is 12.1 Å². The third-order valence-corrected chi connectivity index (χ3v) is 2.36. The summed E-state index contributed by atoms with van der Waals surface area (Å²) in [6.45, 7) is 1.42. The van der Waals surface area contributed by atoms with Crippen LogP contribution in [0.15, 0.2) is 18.2 Å². The number of para-hydroxylation sites is 1. The minimum atomic E-state index is -5.08. The third kappa shape index (κ3) is 4.92. The van der Waals surface area contributed by atoms with Gasteiger partial charge in [-0.25, -0.2) is 9.18 Å². The van der Waals surface area contributed by atoms with E-state index >= 15 is 0 Å². The third-order valence-electron chi connectivity index (χ3n) is 2.36. The van der Waals surface area contributed by atoms with Crippen molar-refractivity contribution in [2.24, 2.45) is 0 Å². The van der Waals surface area contributed by atoms with Crippen molar-refractivity contribution < 1.29 is 32.2 Å². The molecule has 2 N–H and O–H groups in total. The molecule has 0 saturated carbocycles. The maximum absolute atomic E-state index is 13.3. The van der Waals surface area contributed by atoms with Gasteiger partial charge in [-0.3, -0.25) is 0 Å². The molecule has 114 valence electrons. The molecule has 0 radical (unpaired) electrons. The fourth-order valence-corrected chi connectivity index (χ4v) is 1.23. The van der Waals surface area contributed by atoms with E-state index in [1.165, 1.54) is 12.1 Å². The number of ether oxygens (including phenoxy) is 1. The molecule has 1 aromatic rings. The topological polar surface area (TPSA) is 82.3 Å². The molecule has 1 fully saturated rings. The predicted molar refractivity (Wildman–Crippen MR) is 62.1 cm³/mol. The van der Waals surface area contributed by atoms with Crippen LogP contribution >= 0.6 is 0 Å². The Balaban J connectivity index is 0.000000270. The standard InChI is InChI=1S/C10H9FN2O.C2HF3O2/c11-9-3-1-2-7(4-12)10(9)14-8-5-13-6-8;3-2(4,5)1(6)7/h1-3,8,13H,5-6H2;(H,6,7). The van der Waals surface area contributed by atoms with E-state index in [1.54, 1.807) is 6.07 Å². The summed E-state index contributed by atoms with van der Waals surface area (Å²) in [5.74, 6) is -3.16. The molecule has 1 aliphatic rings. The van der Waals surface area contributed by atoms with Crippen LogP contribution in [0.4, 0.5) is 17.6 Å². The lowest BCUT2D eigenvalue weighted by atomic mass is 10.2. The number of halogens is 4. The summed E-state index contributed by atoms with van der Waals surface area (Å²) in [6.07, 6.45) is -5.10. The van der Waals surface area contributed by atoms with Crippen LogP contribution in [0, 0.1) is 17.1 Å². The minimum Gasteiger partial charge on any atom is -0.483 e. The van der Waals surface area contributed by atoms with Crippen molar-refractivity contribution in [1.82, 2.24) is 5.32 Å². The molecule has 1 heterocycles. The monoisotopic (exact) mass is 306 g/mol. The molecule has 1 aromatic carbocycles. The van der Waals surface area contributed by atoms with Gasteiger partial charge in [0.1, 0.15) is 12.2 Å². The number of rotatable bonds is 2. The molecular formula is C12H10F4N2O3. The van der Waals surface area contributed by atoms with Crippen LogP contribution in [-0.2, 0) is 4.79 Å². The van der Waals surface area contributed by atoms with Gasteiger partial charge < -0.3 is 15.2 Å². The van der Waals surface area contributed by atoms with Crippen LogP contribution in [0.3, 0.4) is 0 Å². The maximum Gasteiger partial charge on any atom is 0.490 e. The molecule has 0 aliphatic carbocycles. The van der Waals surface area contributed by atoms with Gasteiger partial charge in [0.05, 0.1) is 5.56 Å². The molecule has 0 bridgehead atoms. The Labute approximate surface area is 116 Å². The van der Waals surface area contributed by atoms with Gasteiger partial charge in [-0.15, -0.1) is 0 Å². The summed E-state index contributed by atoms with van der Waals surface area (Å²) < 4.78 is 50.3. The maximum atomic E-state index is 13.3. The number of nitrogens with one attached hydrogen (secondary N) is 1. The summed E-state index contributed by atoms with van der Waals surface area (Å²) in [4.78, 5) is 8.90. The Bertz CT molecular complexity index is 550. The molecule has 5 nitrogen and oxygen atoms in total. The largest absolute Gasteiger partial charge is 0.490 e. The highest BCUT2D eigenvalue weighted by molar-refractivity contribution is 5.73. The zero-order valence-corrected chi connectivity index (χ0v) is 10.4. The van der Waals surface area contributed by atoms with Gasteiger partial charge in [0.25, 0.3) is 0 Å². The van der Waals surface area contributed by atoms with E-state index in [4.69, 9.17) is 19.9 Å². The van der Waals surface area contributed by atoms with Crippen LogP contribution in [0.5, 0.6) is 5.75 Å². The second-order valence-electron chi connectivity index (χ2n) is 3.93. The van der Waals surface area contributed by atoms with E-state index in [-0.39, 0.29) is 17.4 Å². The first-order valence-corrected chi connectivity index (χ1v) is 5.61. The Morgan fingerprint density at radius 2 is 2.00 bits per heavy atom. The van der Waals surface area contributed by atoms with Gasteiger partial charge in [0.2, 0.25) is 0 Å². The predicted octanol–water partition coefficient (Wildman–Crippen LogP) is 1.68. The van der Waals surface area contributed by atoms with Crippen molar-refractivity contribution in [1.29, 1.82) is 5.26 Å². The van der Waals surface area contributed by atoms with Gasteiger partial charge >= 0.3 is 12.1 Å². The normalized spacial score (nSPS) is 14.2. The lowest BCUT2D eigenvalue weighted by Gasteiger charge is -2.28. The lowest BCUT2D eigenvalue weighted by molar-refractivity contribution is -0.192. The number of carbonyl (C=O) groups is 1. The smallest absolute Gasteiger partial charge is 0.483 e. The number of carboxylic acid groups (broad SMARTS) is 1. The number of hydrogen-bond donors (Lipinski definition) is 2. The van der Waals surface area contributed by atoms with Crippen LogP contribution in [0.2, 0.25) is 0 Å². The van der Waals surface area contributed by atoms with Crippen molar-refractivity contribution in [2.45, 2.75) is 12.3 Å². The molecule has 1 saturated heterocycles. The van der Waals surface area contributed by atoms with E-state index in [1.807, 2.05) is 6.07 Å². The average molecular weight is 306 g/mol. The van der Waals surface area contributed by atoms with Gasteiger partial charge in [0.15, 0.2) is 11.6 Å². The first kappa shape index (κ1) is 16.7. The molecule has 2 rings (SSSR count). The van der Waals surface area contributed by atoms with Crippen molar-refractivity contribution in [3.05, 3.63) is 29.6 Å². The van der Waals surface area contributed by atoms with Gasteiger partial charge in [-0.2, -0.15) is 18.4 Å². The quantitative estimate of drug-likeness (QED) is 0.812. The number of hydrogen-bond acceptors (Lipinski definition) is 4. The Hall–Kier alpha value is -2.34. The summed E-state index contributed by atoms with van der Waals surface area (Å²) in [6, 6.07) is 6.24. The minimum absolute atomic E-state index is 0.0148. The second-order valence-corrected chi connectivity index (χ2v) is 3.93. The number of alkyl halides is 3. The van der Waals surface area contributed by atoms with E-state index in [0.29, 0.717) is 13.1 Å². The molecule has 0 unspecified atom stereocenters. The number of nitrogens with zero attached hydrogens (tertiary/aromatic N) is 1. The Kier molecular flexibility index (Phi) is 5.49. The average Bonchev–Trinajstić information content (AvgIpc) is 2.34. The lowest BCUT2D eigenvalue weighted by Crippen LogP contribution is -2.50. The number of nitriles is 1. The van der Waals surface area contributed by atoms with Crippen molar-refractivity contribution in [3.8, 4) is 11.8 Å². The van der Waals surface area contributed by atoms with E-state index < -0.39 is 18.0 Å². The summed E-state index contributed by atoms with van der Waals surface area (Å²) >= 11 is 0. The van der Waals surface area contributed by atoms with Crippen LogP contribution < -0.4 is 10.1 Å². The van der Waals surface area contributed by atoms with Crippen molar-refractivity contribution in [3.63, 3.8) is 0 Å². The van der Waals surface area contributed by atoms with E-state index in [0.717, 1.165) is 0 Å². The highest BCUT2D eigenvalue weighted by Crippen LogP contribution is 2.23. The molecule has 21 heavy (non-hydrogen) atoms. The molecule has 1 aliphatic heterocycles. The molecule has 0 aromatic heterocycles. The zero-order valence-electron chi connectivity index (χ0n) is 10.4. The van der Waals surface area contributed by atoms with Crippen molar-refractivity contribution >= 4 is 5.97 Å². The van der Waals surface area contributed by atoms with Gasteiger partial charge in [-0.1, -0.05) is 6.07 Å². The summed E-state index contributed by atoms with van der Waals surface area (Å²) in [7, 11) is 0. The summed E-state index contributed by atoms with van der Waals surface area (Å²) in [5.41, 5.74) is 0.247. The number of carboxylic acids is 1. The van der Waals surface area contributed by atoms with Crippen LogP contribution in [0.1, 0.15) is 5.56 Å². The second kappa shape index (κ2) is 6.90. The first-order chi connectivity index (χ1) is 9.75. The molecule has 9 heteroatoms. The SMILES string of the molecule is N#Cc1cccc(F)c1OC1CNC1.O=C(O)C(F)(F)F. The first-order valence-electron chi connectivity index (χ1n) is 5.61. The fourth-order valence-electron chi connectivity index (χ4n) is 1.23. The summed E-state index contributed by atoms with van der Waals surface area (Å²) in [5, 5.41) is 18.9. The number of aliphatic carboxylic acids is 1. The fraction of sp³-hybridized carbons (Fsp3) is 0.333. The molecule has 0 amide bonds. The number of benzene rings is 1. The zero-order chi connectivity index (χ0) is 16.0. The molecule has 0 spiro atoms. The Morgan fingerprint density at radius 1 is 1.43 bits per heavy atom.